The number of fused-ring (bicyclic) bond motifs is 1. The van der Waals surface area contributed by atoms with Gasteiger partial charge in [0.1, 0.15) is 0 Å². The third-order valence-corrected chi connectivity index (χ3v) is 5.08. The summed E-state index contributed by atoms with van der Waals surface area (Å²) in [4.78, 5) is 2.70. The molecule has 0 saturated carbocycles. The van der Waals surface area contributed by atoms with Crippen molar-refractivity contribution in [1.82, 2.24) is 10.2 Å². The van der Waals surface area contributed by atoms with E-state index in [-0.39, 0.29) is 0 Å². The molecule has 1 fully saturated rings. The summed E-state index contributed by atoms with van der Waals surface area (Å²) in [7, 11) is 0. The molecule has 2 heteroatoms. The number of likely N-dealkylation sites (tertiary alicyclic amines) is 1. The van der Waals surface area contributed by atoms with E-state index in [0.29, 0.717) is 5.92 Å². The fourth-order valence-corrected chi connectivity index (χ4v) is 3.92. The lowest BCUT2D eigenvalue weighted by Crippen LogP contribution is -2.40. The molecule has 0 spiro atoms. The number of benzene rings is 1. The van der Waals surface area contributed by atoms with E-state index in [2.05, 4.69) is 41.4 Å². The van der Waals surface area contributed by atoms with E-state index in [0.717, 1.165) is 19.0 Å². The molecule has 2 aliphatic heterocycles. The van der Waals surface area contributed by atoms with Gasteiger partial charge in [-0.05, 0) is 43.0 Å². The Morgan fingerprint density at radius 1 is 1.20 bits per heavy atom. The zero-order chi connectivity index (χ0) is 13.8. The minimum absolute atomic E-state index is 0.683. The van der Waals surface area contributed by atoms with Crippen LogP contribution >= 0.6 is 0 Å². The van der Waals surface area contributed by atoms with Crippen LogP contribution in [0.25, 0.3) is 0 Å². The van der Waals surface area contributed by atoms with Gasteiger partial charge in [0.05, 0.1) is 0 Å². The molecule has 1 aromatic carbocycles. The summed E-state index contributed by atoms with van der Waals surface area (Å²) in [5.74, 6) is 1.68. The van der Waals surface area contributed by atoms with Gasteiger partial charge < -0.3 is 10.2 Å². The van der Waals surface area contributed by atoms with Crippen LogP contribution in [0.2, 0.25) is 0 Å². The number of hydrogen-bond donors (Lipinski definition) is 1. The van der Waals surface area contributed by atoms with Crippen molar-refractivity contribution < 1.29 is 0 Å². The second-order valence-corrected chi connectivity index (χ2v) is 6.56. The van der Waals surface area contributed by atoms with Gasteiger partial charge in [-0.1, -0.05) is 44.0 Å². The lowest BCUT2D eigenvalue weighted by atomic mass is 9.88. The number of nitrogens with zero attached hydrogens (tertiary/aromatic N) is 1. The minimum Gasteiger partial charge on any atom is -0.312 e. The summed E-state index contributed by atoms with van der Waals surface area (Å²) in [6.07, 6.45) is 5.61. The van der Waals surface area contributed by atoms with E-state index in [4.69, 9.17) is 0 Å². The van der Waals surface area contributed by atoms with Gasteiger partial charge in [0.15, 0.2) is 0 Å². The Bertz CT molecular complexity index is 421. The predicted molar refractivity (Wildman–Crippen MR) is 85.0 cm³/mol. The molecule has 2 aliphatic rings. The van der Waals surface area contributed by atoms with Crippen LogP contribution in [0, 0.1) is 5.92 Å². The van der Waals surface area contributed by atoms with Crippen molar-refractivity contribution in [3.8, 4) is 0 Å². The molecular weight excluding hydrogens is 244 g/mol. The Morgan fingerprint density at radius 3 is 2.80 bits per heavy atom. The first-order chi connectivity index (χ1) is 9.86. The Labute approximate surface area is 123 Å². The van der Waals surface area contributed by atoms with Crippen molar-refractivity contribution in [2.45, 2.75) is 45.1 Å². The summed E-state index contributed by atoms with van der Waals surface area (Å²) in [5, 5.41) is 3.58. The van der Waals surface area contributed by atoms with Crippen LogP contribution in [0.15, 0.2) is 24.3 Å². The zero-order valence-corrected chi connectivity index (χ0v) is 12.8. The highest BCUT2D eigenvalue weighted by molar-refractivity contribution is 5.32. The summed E-state index contributed by atoms with van der Waals surface area (Å²) in [6, 6.07) is 8.98. The lowest BCUT2D eigenvalue weighted by molar-refractivity contribution is 0.167. The Morgan fingerprint density at radius 2 is 2.00 bits per heavy atom. The highest BCUT2D eigenvalue weighted by Crippen LogP contribution is 2.27. The summed E-state index contributed by atoms with van der Waals surface area (Å²) in [6.45, 7) is 8.36. The largest absolute Gasteiger partial charge is 0.312 e. The Hall–Kier alpha value is -0.860. The van der Waals surface area contributed by atoms with Crippen LogP contribution in [-0.4, -0.2) is 31.1 Å². The molecule has 1 atom stereocenters. The van der Waals surface area contributed by atoms with Crippen LogP contribution < -0.4 is 5.32 Å². The van der Waals surface area contributed by atoms with Gasteiger partial charge in [0, 0.05) is 25.6 Å². The third kappa shape index (κ3) is 3.24. The van der Waals surface area contributed by atoms with Crippen molar-refractivity contribution in [2.75, 3.05) is 26.2 Å². The van der Waals surface area contributed by atoms with E-state index in [1.54, 1.807) is 5.56 Å². The first-order valence-electron chi connectivity index (χ1n) is 8.37. The topological polar surface area (TPSA) is 15.3 Å². The Balaban J connectivity index is 1.57. The SMILES string of the molecule is CCCC1CCN(CC2CNCc3ccccc32)CC1. The van der Waals surface area contributed by atoms with Crippen molar-refractivity contribution >= 4 is 0 Å². The lowest BCUT2D eigenvalue weighted by Gasteiger charge is -2.36. The van der Waals surface area contributed by atoms with Crippen LogP contribution in [-0.2, 0) is 6.54 Å². The van der Waals surface area contributed by atoms with Crippen LogP contribution in [0.1, 0.15) is 49.7 Å². The van der Waals surface area contributed by atoms with E-state index in [1.807, 2.05) is 0 Å². The molecule has 1 unspecified atom stereocenters. The molecule has 1 saturated heterocycles. The molecule has 0 aliphatic carbocycles. The second-order valence-electron chi connectivity index (χ2n) is 6.56. The highest BCUT2D eigenvalue weighted by Gasteiger charge is 2.24. The van der Waals surface area contributed by atoms with Crippen molar-refractivity contribution in [3.63, 3.8) is 0 Å². The van der Waals surface area contributed by atoms with E-state index < -0.39 is 0 Å². The molecule has 1 N–H and O–H groups in total. The van der Waals surface area contributed by atoms with E-state index in [9.17, 15) is 0 Å². The van der Waals surface area contributed by atoms with E-state index >= 15 is 0 Å². The smallest absolute Gasteiger partial charge is 0.0208 e. The fourth-order valence-electron chi connectivity index (χ4n) is 3.92. The molecule has 20 heavy (non-hydrogen) atoms. The number of nitrogens with one attached hydrogen (secondary N) is 1. The molecule has 0 radical (unpaired) electrons. The second kappa shape index (κ2) is 6.73. The first-order valence-corrected chi connectivity index (χ1v) is 8.37. The maximum Gasteiger partial charge on any atom is 0.0208 e. The molecule has 0 amide bonds. The normalized spacial score (nSPS) is 24.6. The minimum atomic E-state index is 0.683. The maximum absolute atomic E-state index is 3.58. The maximum atomic E-state index is 3.58. The fraction of sp³-hybridized carbons (Fsp3) is 0.667. The zero-order valence-electron chi connectivity index (χ0n) is 12.8. The first kappa shape index (κ1) is 14.1. The average molecular weight is 272 g/mol. The number of rotatable bonds is 4. The number of hydrogen-bond acceptors (Lipinski definition) is 2. The summed E-state index contributed by atoms with van der Waals surface area (Å²) >= 11 is 0. The van der Waals surface area contributed by atoms with Crippen molar-refractivity contribution in [1.29, 1.82) is 0 Å². The molecule has 0 aromatic heterocycles. The third-order valence-electron chi connectivity index (χ3n) is 5.08. The molecule has 2 heterocycles. The monoisotopic (exact) mass is 272 g/mol. The van der Waals surface area contributed by atoms with Crippen molar-refractivity contribution in [2.24, 2.45) is 5.92 Å². The van der Waals surface area contributed by atoms with Gasteiger partial charge in [0.2, 0.25) is 0 Å². The number of piperidine rings is 1. The van der Waals surface area contributed by atoms with Gasteiger partial charge in [-0.2, -0.15) is 0 Å². The van der Waals surface area contributed by atoms with Gasteiger partial charge in [-0.25, -0.2) is 0 Å². The molecule has 2 nitrogen and oxygen atoms in total. The van der Waals surface area contributed by atoms with Crippen molar-refractivity contribution in [3.05, 3.63) is 35.4 Å². The molecule has 0 bridgehead atoms. The quantitative estimate of drug-likeness (QED) is 0.904. The average Bonchev–Trinajstić information content (AvgIpc) is 2.50. The van der Waals surface area contributed by atoms with Gasteiger partial charge in [-0.15, -0.1) is 0 Å². The standard InChI is InChI=1S/C18H28N2/c1-2-5-15-8-10-20(11-9-15)14-17-13-19-12-16-6-3-4-7-18(16)17/h3-4,6-7,15,17,19H,2,5,8-14H2,1H3. The van der Waals surface area contributed by atoms with E-state index in [1.165, 1.54) is 50.9 Å². The molecular formula is C18H28N2. The highest BCUT2D eigenvalue weighted by atomic mass is 15.1. The van der Waals surface area contributed by atoms with Crippen LogP contribution in [0.5, 0.6) is 0 Å². The van der Waals surface area contributed by atoms with Crippen LogP contribution in [0.4, 0.5) is 0 Å². The van der Waals surface area contributed by atoms with Gasteiger partial charge in [0.25, 0.3) is 0 Å². The van der Waals surface area contributed by atoms with Gasteiger partial charge >= 0.3 is 0 Å². The Kier molecular flexibility index (Phi) is 4.74. The molecule has 3 rings (SSSR count). The summed E-state index contributed by atoms with van der Waals surface area (Å²) in [5.41, 5.74) is 3.09. The molecule has 110 valence electrons. The molecule has 1 aromatic rings. The predicted octanol–water partition coefficient (Wildman–Crippen LogP) is 3.39. The summed E-state index contributed by atoms with van der Waals surface area (Å²) < 4.78 is 0. The van der Waals surface area contributed by atoms with Gasteiger partial charge in [-0.3, -0.25) is 0 Å². The van der Waals surface area contributed by atoms with Crippen LogP contribution in [0.3, 0.4) is 0 Å².